The largest absolute Gasteiger partial charge is 0.301 e. The summed E-state index contributed by atoms with van der Waals surface area (Å²) in [5.74, 6) is 0. The van der Waals surface area contributed by atoms with Crippen LogP contribution >= 0.6 is 0 Å². The van der Waals surface area contributed by atoms with Gasteiger partial charge in [0.1, 0.15) is 0 Å². The van der Waals surface area contributed by atoms with Crippen molar-refractivity contribution < 1.29 is 4.80 Å². The molecule has 1 radical (unpaired) electrons. The van der Waals surface area contributed by atoms with Crippen molar-refractivity contribution in [1.82, 2.24) is 0 Å². The number of rotatable bonds is 1. The molecule has 0 N–H and O–H groups in total. The van der Waals surface area contributed by atoms with Crippen molar-refractivity contribution in [3.05, 3.63) is 11.3 Å². The van der Waals surface area contributed by atoms with Gasteiger partial charge in [0.15, 0.2) is 0 Å². The van der Waals surface area contributed by atoms with Crippen molar-refractivity contribution >= 4 is 9.76 Å². The fourth-order valence-electron chi connectivity index (χ4n) is 0.167. The summed E-state index contributed by atoms with van der Waals surface area (Å²) in [5.41, 5.74) is 2.96. The third-order valence-corrected chi connectivity index (χ3v) is 1.47. The van der Waals surface area contributed by atoms with Crippen molar-refractivity contribution in [3.8, 4) is 0 Å². The van der Waals surface area contributed by atoms with Crippen LogP contribution in [0, 0.1) is 0 Å². The van der Waals surface area contributed by atoms with E-state index in [1.54, 1.807) is 5.70 Å². The van der Waals surface area contributed by atoms with Gasteiger partial charge in [-0.15, -0.1) is 0 Å². The lowest BCUT2D eigenvalue weighted by molar-refractivity contribution is 0.483. The molecule has 2 heteroatoms. The monoisotopic (exact) mass is 101 g/mol. The van der Waals surface area contributed by atoms with Gasteiger partial charge in [-0.25, -0.2) is 0 Å². The normalized spacial score (nSPS) is 9.83. The zero-order chi connectivity index (χ0) is 4.99. The highest BCUT2D eigenvalue weighted by atomic mass is 28.2. The second kappa shape index (κ2) is 3.12. The van der Waals surface area contributed by atoms with Crippen molar-refractivity contribution in [2.24, 2.45) is 0 Å². The highest BCUT2D eigenvalue weighted by Crippen LogP contribution is 1.82. The third kappa shape index (κ3) is 3.92. The molecule has 0 amide bonds. The molecular formula is C4H9OSi. The number of hydrogen-bond donors (Lipinski definition) is 0. The van der Waals surface area contributed by atoms with Crippen molar-refractivity contribution in [2.75, 3.05) is 0 Å². The van der Waals surface area contributed by atoms with Crippen molar-refractivity contribution in [2.45, 2.75) is 13.8 Å². The Bertz CT molecular complexity index is 54.6. The van der Waals surface area contributed by atoms with Gasteiger partial charge in [0.05, 0.1) is 0 Å². The zero-order valence-corrected chi connectivity index (χ0v) is 5.61. The first-order valence-corrected chi connectivity index (χ1v) is 3.38. The minimum atomic E-state index is -1.05. The molecule has 0 aliphatic rings. The van der Waals surface area contributed by atoms with Crippen molar-refractivity contribution in [1.29, 1.82) is 0 Å². The van der Waals surface area contributed by atoms with E-state index < -0.39 is 9.76 Å². The van der Waals surface area contributed by atoms with E-state index in [2.05, 4.69) is 0 Å². The summed E-state index contributed by atoms with van der Waals surface area (Å²) in [4.78, 5) is 9.80. The van der Waals surface area contributed by atoms with Gasteiger partial charge in [0.25, 0.3) is 0 Å². The smallest absolute Gasteiger partial charge is 0.230 e. The predicted octanol–water partition coefficient (Wildman–Crippen LogP) is 0.424. The van der Waals surface area contributed by atoms with E-state index in [-0.39, 0.29) is 0 Å². The topological polar surface area (TPSA) is 19.9 Å². The summed E-state index contributed by atoms with van der Waals surface area (Å²) in [7, 11) is -1.05. The first kappa shape index (κ1) is 5.92. The highest BCUT2D eigenvalue weighted by molar-refractivity contribution is 6.32. The molecule has 0 bridgehead atoms. The zero-order valence-electron chi connectivity index (χ0n) is 4.19. The van der Waals surface area contributed by atoms with E-state index in [9.17, 15) is 4.80 Å². The van der Waals surface area contributed by atoms with E-state index in [4.69, 9.17) is 0 Å². The molecule has 0 aromatic heterocycles. The van der Waals surface area contributed by atoms with Crippen LogP contribution in [0.15, 0.2) is 11.3 Å². The van der Waals surface area contributed by atoms with Gasteiger partial charge in [-0.05, 0) is 13.8 Å². The molecule has 0 saturated carbocycles. The fourth-order valence-corrected chi connectivity index (χ4v) is 0.500. The van der Waals surface area contributed by atoms with Crippen LogP contribution in [0.4, 0.5) is 0 Å². The molecule has 0 heterocycles. The standard InChI is InChI=1S/C4H9OSi/c1-4(2)3-6-5/h3H,6H2,1-2H3. The lowest BCUT2D eigenvalue weighted by Gasteiger charge is -1.77. The average Bonchev–Trinajstić information content (AvgIpc) is 1.35. The van der Waals surface area contributed by atoms with Crippen LogP contribution in [0.25, 0.3) is 0 Å². The van der Waals surface area contributed by atoms with E-state index in [1.807, 2.05) is 13.8 Å². The molecule has 0 aromatic rings. The van der Waals surface area contributed by atoms with Crippen LogP contribution in [0.1, 0.15) is 13.8 Å². The maximum atomic E-state index is 9.80. The molecule has 0 aliphatic carbocycles. The van der Waals surface area contributed by atoms with Gasteiger partial charge in [0.2, 0.25) is 9.76 Å². The quantitative estimate of drug-likeness (QED) is 0.427. The van der Waals surface area contributed by atoms with E-state index in [0.717, 1.165) is 5.57 Å². The molecule has 0 rings (SSSR count). The highest BCUT2D eigenvalue weighted by Gasteiger charge is 1.71. The lowest BCUT2D eigenvalue weighted by Crippen LogP contribution is -1.75. The maximum absolute atomic E-state index is 9.80. The Balaban J connectivity index is 3.14. The Kier molecular flexibility index (Phi) is 3.08. The Morgan fingerprint density at radius 2 is 2.17 bits per heavy atom. The second-order valence-corrected chi connectivity index (χ2v) is 2.19. The van der Waals surface area contributed by atoms with Crippen LogP contribution in [0.5, 0.6) is 0 Å². The van der Waals surface area contributed by atoms with Crippen LogP contribution in [-0.2, 0) is 4.80 Å². The molecular weight excluding hydrogens is 92.1 g/mol. The van der Waals surface area contributed by atoms with Crippen LogP contribution in [0.3, 0.4) is 0 Å². The van der Waals surface area contributed by atoms with E-state index in [0.29, 0.717) is 0 Å². The second-order valence-electron chi connectivity index (χ2n) is 1.45. The Hall–Kier alpha value is -0.0831. The first-order valence-electron chi connectivity index (χ1n) is 1.99. The van der Waals surface area contributed by atoms with E-state index >= 15 is 0 Å². The van der Waals surface area contributed by atoms with E-state index in [1.165, 1.54) is 0 Å². The van der Waals surface area contributed by atoms with Gasteiger partial charge in [-0.1, -0.05) is 11.3 Å². The van der Waals surface area contributed by atoms with Crippen LogP contribution in [0.2, 0.25) is 0 Å². The molecule has 0 aromatic carbocycles. The summed E-state index contributed by atoms with van der Waals surface area (Å²) < 4.78 is 0. The molecule has 0 unspecified atom stereocenters. The average molecular weight is 101 g/mol. The minimum Gasteiger partial charge on any atom is -0.301 e. The molecule has 35 valence electrons. The summed E-state index contributed by atoms with van der Waals surface area (Å²) in [6.07, 6.45) is 0. The van der Waals surface area contributed by atoms with Crippen LogP contribution < -0.4 is 0 Å². The molecule has 0 spiro atoms. The number of hydrogen-bond acceptors (Lipinski definition) is 0. The fraction of sp³-hybridized carbons (Fsp3) is 0.500. The molecule has 0 aliphatic heterocycles. The summed E-state index contributed by atoms with van der Waals surface area (Å²) in [6.45, 7) is 3.90. The molecule has 6 heavy (non-hydrogen) atoms. The Labute approximate surface area is 40.6 Å². The first-order chi connectivity index (χ1) is 2.77. The van der Waals surface area contributed by atoms with Gasteiger partial charge >= 0.3 is 0 Å². The third-order valence-electron chi connectivity index (χ3n) is 0.492. The number of allylic oxidation sites excluding steroid dienone is 1. The predicted molar refractivity (Wildman–Crippen MR) is 28.7 cm³/mol. The molecule has 0 fully saturated rings. The van der Waals surface area contributed by atoms with Gasteiger partial charge in [-0.2, -0.15) is 0 Å². The SMILES string of the molecule is CC(C)=C[SiH2][O]. The summed E-state index contributed by atoms with van der Waals surface area (Å²) in [6, 6.07) is 0. The van der Waals surface area contributed by atoms with Gasteiger partial charge < -0.3 is 4.80 Å². The minimum absolute atomic E-state index is 1.05. The summed E-state index contributed by atoms with van der Waals surface area (Å²) >= 11 is 0. The Morgan fingerprint density at radius 3 is 2.17 bits per heavy atom. The van der Waals surface area contributed by atoms with Crippen molar-refractivity contribution in [3.63, 3.8) is 0 Å². The Morgan fingerprint density at radius 1 is 1.67 bits per heavy atom. The molecule has 0 saturated heterocycles. The molecule has 0 atom stereocenters. The van der Waals surface area contributed by atoms with Gasteiger partial charge in [-0.3, -0.25) is 0 Å². The summed E-state index contributed by atoms with van der Waals surface area (Å²) in [5, 5.41) is 0. The lowest BCUT2D eigenvalue weighted by atomic mass is 10.4. The van der Waals surface area contributed by atoms with Gasteiger partial charge in [0, 0.05) is 0 Å². The molecule has 1 nitrogen and oxygen atoms in total. The van der Waals surface area contributed by atoms with Crippen LogP contribution in [-0.4, -0.2) is 9.76 Å². The maximum Gasteiger partial charge on any atom is 0.230 e.